The van der Waals surface area contributed by atoms with Gasteiger partial charge in [-0.15, -0.1) is 0 Å². The van der Waals surface area contributed by atoms with Crippen molar-refractivity contribution in [3.63, 3.8) is 0 Å². The first-order chi connectivity index (χ1) is 12.7. The summed E-state index contributed by atoms with van der Waals surface area (Å²) in [6.45, 7) is 3.07. The average molecular weight is 451 g/mol. The second-order valence-corrected chi connectivity index (χ2v) is 7.70. The lowest BCUT2D eigenvalue weighted by Crippen LogP contribution is -2.42. The minimum atomic E-state index is -1.25. The van der Waals surface area contributed by atoms with Gasteiger partial charge in [0.05, 0.1) is 0 Å². The average Bonchev–Trinajstić information content (AvgIpc) is 2.82. The molecular formula is C19H17BrClN3O3. The molecule has 1 saturated heterocycles. The van der Waals surface area contributed by atoms with Gasteiger partial charge in [0.25, 0.3) is 5.91 Å². The van der Waals surface area contributed by atoms with Crippen LogP contribution in [0.15, 0.2) is 46.9 Å². The predicted octanol–water partition coefficient (Wildman–Crippen LogP) is 3.82. The molecule has 8 heteroatoms. The quantitative estimate of drug-likeness (QED) is 0.695. The molecule has 2 aromatic rings. The van der Waals surface area contributed by atoms with Crippen LogP contribution < -0.4 is 10.6 Å². The first-order valence-corrected chi connectivity index (χ1v) is 9.34. The smallest absolute Gasteiger partial charge is 0.324 e. The van der Waals surface area contributed by atoms with Crippen LogP contribution in [-0.4, -0.2) is 29.3 Å². The van der Waals surface area contributed by atoms with Gasteiger partial charge >= 0.3 is 6.03 Å². The molecule has 1 atom stereocenters. The molecule has 2 N–H and O–H groups in total. The molecule has 0 saturated carbocycles. The van der Waals surface area contributed by atoms with E-state index in [2.05, 4.69) is 26.6 Å². The molecule has 4 amide bonds. The highest BCUT2D eigenvalue weighted by Gasteiger charge is 2.50. The zero-order valence-electron chi connectivity index (χ0n) is 14.7. The van der Waals surface area contributed by atoms with Crippen molar-refractivity contribution in [2.45, 2.75) is 19.4 Å². The van der Waals surface area contributed by atoms with Gasteiger partial charge in [-0.25, -0.2) is 4.79 Å². The second kappa shape index (κ2) is 7.32. The summed E-state index contributed by atoms with van der Waals surface area (Å²) in [5.74, 6) is -0.980. The van der Waals surface area contributed by atoms with Crippen LogP contribution in [-0.2, 0) is 15.1 Å². The van der Waals surface area contributed by atoms with Crippen LogP contribution >= 0.6 is 27.5 Å². The summed E-state index contributed by atoms with van der Waals surface area (Å²) in [6.07, 6.45) is 0. The molecule has 0 unspecified atom stereocenters. The van der Waals surface area contributed by atoms with Crippen molar-refractivity contribution in [2.75, 3.05) is 11.9 Å². The van der Waals surface area contributed by atoms with E-state index in [1.165, 1.54) is 0 Å². The Morgan fingerprint density at radius 1 is 1.26 bits per heavy atom. The third-order valence-electron chi connectivity index (χ3n) is 4.44. The van der Waals surface area contributed by atoms with Crippen LogP contribution in [0.3, 0.4) is 0 Å². The van der Waals surface area contributed by atoms with Crippen molar-refractivity contribution in [3.05, 3.63) is 63.1 Å². The van der Waals surface area contributed by atoms with Gasteiger partial charge in [0, 0.05) is 20.7 Å². The highest BCUT2D eigenvalue weighted by molar-refractivity contribution is 9.10. The van der Waals surface area contributed by atoms with Crippen molar-refractivity contribution < 1.29 is 14.4 Å². The molecule has 0 spiro atoms. The normalized spacial score (nSPS) is 19.2. The fourth-order valence-corrected chi connectivity index (χ4v) is 3.77. The number of rotatable bonds is 4. The highest BCUT2D eigenvalue weighted by Crippen LogP contribution is 2.33. The maximum Gasteiger partial charge on any atom is 0.325 e. The lowest BCUT2D eigenvalue weighted by atomic mass is 9.92. The first-order valence-electron chi connectivity index (χ1n) is 8.17. The van der Waals surface area contributed by atoms with Gasteiger partial charge in [0.1, 0.15) is 12.1 Å². The van der Waals surface area contributed by atoms with Gasteiger partial charge < -0.3 is 10.6 Å². The fourth-order valence-electron chi connectivity index (χ4n) is 2.90. The number of carbonyl (C=O) groups is 3. The number of carbonyl (C=O) groups excluding carboxylic acids is 3. The minimum absolute atomic E-state index is 0.393. The molecule has 0 aliphatic carbocycles. The van der Waals surface area contributed by atoms with E-state index < -0.39 is 29.9 Å². The Hall–Kier alpha value is -2.38. The summed E-state index contributed by atoms with van der Waals surface area (Å²) in [7, 11) is 0. The minimum Gasteiger partial charge on any atom is -0.324 e. The van der Waals surface area contributed by atoms with Gasteiger partial charge in [-0.3, -0.25) is 14.5 Å². The van der Waals surface area contributed by atoms with E-state index in [9.17, 15) is 14.4 Å². The molecule has 1 aliphatic heterocycles. The molecule has 140 valence electrons. The number of halogens is 2. The number of hydrogen-bond donors (Lipinski definition) is 2. The number of amides is 4. The Morgan fingerprint density at radius 3 is 2.63 bits per heavy atom. The number of nitrogens with zero attached hydrogens (tertiary/aromatic N) is 1. The first kappa shape index (κ1) is 19.4. The molecule has 0 radical (unpaired) electrons. The SMILES string of the molecule is Cc1ccc(NC(=O)CN2C(=O)N[C@](C)(c3ccccc3Br)C2=O)cc1Cl. The Morgan fingerprint density at radius 2 is 1.96 bits per heavy atom. The largest absolute Gasteiger partial charge is 0.325 e. The van der Waals surface area contributed by atoms with Crippen LogP contribution in [0.5, 0.6) is 0 Å². The number of nitrogens with one attached hydrogen (secondary N) is 2. The number of imide groups is 1. The van der Waals surface area contributed by atoms with Gasteiger partial charge in [-0.05, 0) is 37.6 Å². The molecule has 27 heavy (non-hydrogen) atoms. The van der Waals surface area contributed by atoms with Crippen LogP contribution in [0.25, 0.3) is 0 Å². The summed E-state index contributed by atoms with van der Waals surface area (Å²) in [4.78, 5) is 38.5. The molecular weight excluding hydrogens is 434 g/mol. The van der Waals surface area contributed by atoms with Crippen molar-refractivity contribution in [1.82, 2.24) is 10.2 Å². The maximum absolute atomic E-state index is 12.9. The summed E-state index contributed by atoms with van der Waals surface area (Å²) < 4.78 is 0.696. The Bertz CT molecular complexity index is 950. The molecule has 0 bridgehead atoms. The number of benzene rings is 2. The zero-order valence-corrected chi connectivity index (χ0v) is 17.0. The molecule has 0 aromatic heterocycles. The van der Waals surface area contributed by atoms with E-state index in [4.69, 9.17) is 11.6 Å². The topological polar surface area (TPSA) is 78.5 Å². The van der Waals surface area contributed by atoms with Crippen LogP contribution in [0.2, 0.25) is 5.02 Å². The van der Waals surface area contributed by atoms with E-state index in [1.807, 2.05) is 13.0 Å². The second-order valence-electron chi connectivity index (χ2n) is 6.44. The van der Waals surface area contributed by atoms with Gasteiger partial charge in [-0.2, -0.15) is 0 Å². The van der Waals surface area contributed by atoms with Crippen molar-refractivity contribution in [1.29, 1.82) is 0 Å². The van der Waals surface area contributed by atoms with Gasteiger partial charge in [-0.1, -0.05) is 51.8 Å². The number of urea groups is 1. The lowest BCUT2D eigenvalue weighted by Gasteiger charge is -2.23. The van der Waals surface area contributed by atoms with Crippen LogP contribution in [0.4, 0.5) is 10.5 Å². The van der Waals surface area contributed by atoms with E-state index >= 15 is 0 Å². The molecule has 1 fully saturated rings. The molecule has 1 aliphatic rings. The van der Waals surface area contributed by atoms with E-state index in [1.54, 1.807) is 43.3 Å². The fraction of sp³-hybridized carbons (Fsp3) is 0.211. The van der Waals surface area contributed by atoms with E-state index in [-0.39, 0.29) is 0 Å². The monoisotopic (exact) mass is 449 g/mol. The summed E-state index contributed by atoms with van der Waals surface area (Å²) >= 11 is 9.45. The van der Waals surface area contributed by atoms with E-state index in [0.29, 0.717) is 20.7 Å². The summed E-state index contributed by atoms with van der Waals surface area (Å²) in [5.41, 5.74) is 0.755. The number of aryl methyl sites for hydroxylation is 1. The van der Waals surface area contributed by atoms with Crippen molar-refractivity contribution >= 4 is 51.1 Å². The highest BCUT2D eigenvalue weighted by atomic mass is 79.9. The zero-order chi connectivity index (χ0) is 19.8. The summed E-state index contributed by atoms with van der Waals surface area (Å²) in [6, 6.07) is 11.6. The Kier molecular flexibility index (Phi) is 5.26. The number of anilines is 1. The predicted molar refractivity (Wildman–Crippen MR) is 107 cm³/mol. The third kappa shape index (κ3) is 3.70. The Labute approximate surface area is 170 Å². The van der Waals surface area contributed by atoms with Crippen molar-refractivity contribution in [2.24, 2.45) is 0 Å². The standard InChI is InChI=1S/C19H17BrClN3O3/c1-11-7-8-12(9-15(11)21)22-16(25)10-24-17(26)19(2,23-18(24)27)13-5-3-4-6-14(13)20/h3-9H,10H2,1-2H3,(H,22,25)(H,23,27)/t19-/m1/s1. The molecule has 1 heterocycles. The van der Waals surface area contributed by atoms with Crippen LogP contribution in [0.1, 0.15) is 18.1 Å². The molecule has 6 nitrogen and oxygen atoms in total. The molecule has 2 aromatic carbocycles. The summed E-state index contributed by atoms with van der Waals surface area (Å²) in [5, 5.41) is 5.85. The van der Waals surface area contributed by atoms with Gasteiger partial charge in [0.2, 0.25) is 5.91 Å². The lowest BCUT2D eigenvalue weighted by molar-refractivity contribution is -0.133. The Balaban J connectivity index is 1.76. The molecule has 3 rings (SSSR count). The number of hydrogen-bond acceptors (Lipinski definition) is 3. The van der Waals surface area contributed by atoms with Crippen molar-refractivity contribution in [3.8, 4) is 0 Å². The third-order valence-corrected chi connectivity index (χ3v) is 5.54. The maximum atomic E-state index is 12.9. The van der Waals surface area contributed by atoms with E-state index in [0.717, 1.165) is 10.5 Å². The van der Waals surface area contributed by atoms with Gasteiger partial charge in [0.15, 0.2) is 0 Å². The van der Waals surface area contributed by atoms with Crippen LogP contribution in [0, 0.1) is 6.92 Å².